The van der Waals surface area contributed by atoms with E-state index in [1.165, 1.54) is 43.4 Å². The molecule has 4 aliphatic rings. The summed E-state index contributed by atoms with van der Waals surface area (Å²) in [5.41, 5.74) is 0. The molecule has 124 valence electrons. The molecule has 4 nitrogen and oxygen atoms in total. The molecule has 0 spiro atoms. The molecule has 0 unspecified atom stereocenters. The number of carbonyl (C=O) groups is 2. The number of hydrogen-bond acceptors (Lipinski definition) is 3. The molecule has 2 amide bonds. The summed E-state index contributed by atoms with van der Waals surface area (Å²) in [5, 5.41) is 2.84. The van der Waals surface area contributed by atoms with E-state index in [4.69, 9.17) is 0 Å². The summed E-state index contributed by atoms with van der Waals surface area (Å²) in [6, 6.07) is -0.431. The van der Waals surface area contributed by atoms with Gasteiger partial charge in [0, 0.05) is 18.8 Å². The molecule has 0 aliphatic heterocycles. The molecule has 5 heteroatoms. The van der Waals surface area contributed by atoms with Crippen molar-refractivity contribution >= 4 is 23.6 Å². The fraction of sp³-hybridized carbons (Fsp3) is 0.882. The maximum absolute atomic E-state index is 12.2. The van der Waals surface area contributed by atoms with Crippen LogP contribution in [0, 0.1) is 17.8 Å². The Labute approximate surface area is 137 Å². The molecular formula is C17H28N2O2S. The first-order valence-corrected chi connectivity index (χ1v) is 9.50. The summed E-state index contributed by atoms with van der Waals surface area (Å²) in [5.74, 6) is 3.19. The van der Waals surface area contributed by atoms with E-state index >= 15 is 0 Å². The highest BCUT2D eigenvalue weighted by molar-refractivity contribution is 8.01. The number of nitrogens with one attached hydrogen (secondary N) is 1. The first kappa shape index (κ1) is 16.2. The Morgan fingerprint density at radius 3 is 2.09 bits per heavy atom. The molecule has 0 aromatic heterocycles. The van der Waals surface area contributed by atoms with Crippen LogP contribution in [-0.4, -0.2) is 47.4 Å². The second kappa shape index (κ2) is 6.06. The highest BCUT2D eigenvalue weighted by Gasteiger charge is 2.51. The minimum atomic E-state index is -0.431. The van der Waals surface area contributed by atoms with Gasteiger partial charge in [-0.05, 0) is 63.2 Å². The van der Waals surface area contributed by atoms with Crippen LogP contribution in [0.15, 0.2) is 0 Å². The second-order valence-corrected chi connectivity index (χ2v) is 9.35. The van der Waals surface area contributed by atoms with Crippen molar-refractivity contribution in [2.24, 2.45) is 17.8 Å². The molecule has 4 fully saturated rings. The van der Waals surface area contributed by atoms with Gasteiger partial charge in [0.15, 0.2) is 0 Å². The van der Waals surface area contributed by atoms with Gasteiger partial charge in [-0.15, -0.1) is 11.8 Å². The first-order valence-electron chi connectivity index (χ1n) is 8.51. The minimum Gasteiger partial charge on any atom is -0.347 e. The fourth-order valence-corrected chi connectivity index (χ4v) is 6.74. The van der Waals surface area contributed by atoms with Gasteiger partial charge in [0.25, 0.3) is 0 Å². The number of carbonyl (C=O) groups excluding carboxylic acids is 2. The number of likely N-dealkylation sites (N-methyl/N-ethyl adjacent to an activating group) is 1. The van der Waals surface area contributed by atoms with Crippen molar-refractivity contribution in [2.75, 3.05) is 19.8 Å². The minimum absolute atomic E-state index is 0.00319. The van der Waals surface area contributed by atoms with Gasteiger partial charge in [0.05, 0.1) is 5.75 Å². The van der Waals surface area contributed by atoms with Crippen molar-refractivity contribution in [1.82, 2.24) is 10.2 Å². The van der Waals surface area contributed by atoms with Crippen LogP contribution in [0.3, 0.4) is 0 Å². The molecule has 4 rings (SSSR count). The molecule has 4 aliphatic carbocycles. The Morgan fingerprint density at radius 2 is 1.64 bits per heavy atom. The smallest absolute Gasteiger partial charge is 0.244 e. The van der Waals surface area contributed by atoms with E-state index < -0.39 is 6.04 Å². The van der Waals surface area contributed by atoms with Gasteiger partial charge in [-0.1, -0.05) is 0 Å². The van der Waals surface area contributed by atoms with Crippen molar-refractivity contribution in [3.8, 4) is 0 Å². The van der Waals surface area contributed by atoms with Crippen LogP contribution in [0.1, 0.15) is 45.4 Å². The van der Waals surface area contributed by atoms with Crippen LogP contribution in [-0.2, 0) is 9.59 Å². The quantitative estimate of drug-likeness (QED) is 0.844. The van der Waals surface area contributed by atoms with Crippen molar-refractivity contribution < 1.29 is 9.59 Å². The SMILES string of the molecule is C[C@H](NC(=O)CSC12CC3CC(CC(C3)C1)C2)C(=O)N(C)C. The Hall–Kier alpha value is -0.710. The van der Waals surface area contributed by atoms with E-state index in [-0.39, 0.29) is 11.8 Å². The van der Waals surface area contributed by atoms with Crippen LogP contribution in [0.2, 0.25) is 0 Å². The van der Waals surface area contributed by atoms with Crippen LogP contribution in [0.5, 0.6) is 0 Å². The third-order valence-electron chi connectivity index (χ3n) is 5.68. The Kier molecular flexibility index (Phi) is 4.45. The summed E-state index contributed by atoms with van der Waals surface area (Å²) in [6.45, 7) is 1.76. The lowest BCUT2D eigenvalue weighted by Crippen LogP contribution is -2.49. The zero-order chi connectivity index (χ0) is 15.9. The third-order valence-corrected chi connectivity index (χ3v) is 7.20. The molecular weight excluding hydrogens is 296 g/mol. The third kappa shape index (κ3) is 3.29. The highest BCUT2D eigenvalue weighted by Crippen LogP contribution is 2.60. The Balaban J connectivity index is 1.50. The summed E-state index contributed by atoms with van der Waals surface area (Å²) >= 11 is 1.87. The fourth-order valence-electron chi connectivity index (χ4n) is 5.16. The summed E-state index contributed by atoms with van der Waals surface area (Å²) < 4.78 is 0.362. The largest absolute Gasteiger partial charge is 0.347 e. The van der Waals surface area contributed by atoms with E-state index in [1.807, 2.05) is 11.8 Å². The van der Waals surface area contributed by atoms with E-state index in [0.717, 1.165) is 17.8 Å². The van der Waals surface area contributed by atoms with Gasteiger partial charge < -0.3 is 10.2 Å². The number of hydrogen-bond donors (Lipinski definition) is 1. The maximum atomic E-state index is 12.2. The Bertz CT molecular complexity index is 428. The number of nitrogens with zero attached hydrogens (tertiary/aromatic N) is 1. The number of rotatable bonds is 5. The topological polar surface area (TPSA) is 49.4 Å². The number of amides is 2. The predicted octanol–water partition coefficient (Wildman–Crippen LogP) is 2.28. The molecule has 22 heavy (non-hydrogen) atoms. The average Bonchev–Trinajstić information content (AvgIpc) is 2.43. The van der Waals surface area contributed by atoms with Gasteiger partial charge in [0.1, 0.15) is 6.04 Å². The molecule has 1 N–H and O–H groups in total. The van der Waals surface area contributed by atoms with Gasteiger partial charge in [-0.2, -0.15) is 0 Å². The van der Waals surface area contributed by atoms with Crippen LogP contribution in [0.25, 0.3) is 0 Å². The summed E-state index contributed by atoms with van der Waals surface area (Å²) in [6.07, 6.45) is 8.22. The molecule has 0 radical (unpaired) electrons. The first-order chi connectivity index (χ1) is 10.4. The van der Waals surface area contributed by atoms with Gasteiger partial charge in [0.2, 0.25) is 11.8 Å². The van der Waals surface area contributed by atoms with Crippen molar-refractivity contribution in [2.45, 2.75) is 56.2 Å². The van der Waals surface area contributed by atoms with Crippen LogP contribution >= 0.6 is 11.8 Å². The van der Waals surface area contributed by atoms with Gasteiger partial charge in [-0.25, -0.2) is 0 Å². The van der Waals surface area contributed by atoms with Crippen molar-refractivity contribution in [3.05, 3.63) is 0 Å². The molecule has 0 aromatic carbocycles. The zero-order valence-electron chi connectivity index (χ0n) is 13.9. The van der Waals surface area contributed by atoms with Gasteiger partial charge >= 0.3 is 0 Å². The summed E-state index contributed by atoms with van der Waals surface area (Å²) in [7, 11) is 3.43. The lowest BCUT2D eigenvalue weighted by molar-refractivity contribution is -0.133. The molecule has 4 saturated carbocycles. The monoisotopic (exact) mass is 324 g/mol. The molecule has 0 saturated heterocycles. The van der Waals surface area contributed by atoms with Crippen LogP contribution < -0.4 is 5.32 Å². The van der Waals surface area contributed by atoms with Gasteiger partial charge in [-0.3, -0.25) is 9.59 Å². The van der Waals surface area contributed by atoms with Crippen molar-refractivity contribution in [3.63, 3.8) is 0 Å². The van der Waals surface area contributed by atoms with E-state index in [9.17, 15) is 9.59 Å². The number of thioether (sulfide) groups is 1. The van der Waals surface area contributed by atoms with E-state index in [1.54, 1.807) is 21.0 Å². The van der Waals surface area contributed by atoms with E-state index in [2.05, 4.69) is 5.32 Å². The van der Waals surface area contributed by atoms with E-state index in [0.29, 0.717) is 10.5 Å². The lowest BCUT2D eigenvalue weighted by atomic mass is 9.56. The molecule has 0 aromatic rings. The van der Waals surface area contributed by atoms with Crippen LogP contribution in [0.4, 0.5) is 0 Å². The zero-order valence-corrected chi connectivity index (χ0v) is 14.7. The lowest BCUT2D eigenvalue weighted by Gasteiger charge is -2.56. The predicted molar refractivity (Wildman–Crippen MR) is 89.7 cm³/mol. The normalized spacial score (nSPS) is 37.0. The average molecular weight is 324 g/mol. The summed E-state index contributed by atoms with van der Waals surface area (Å²) in [4.78, 5) is 25.5. The Morgan fingerprint density at radius 1 is 1.14 bits per heavy atom. The molecule has 4 bridgehead atoms. The highest BCUT2D eigenvalue weighted by atomic mass is 32.2. The molecule has 1 atom stereocenters. The maximum Gasteiger partial charge on any atom is 0.244 e. The van der Waals surface area contributed by atoms with Crippen molar-refractivity contribution in [1.29, 1.82) is 0 Å². The standard InChI is InChI=1S/C17H28N2O2S/c1-11(16(21)19(2)3)18-15(20)10-22-17-7-12-4-13(8-17)6-14(5-12)9-17/h11-14H,4-10H2,1-3H3,(H,18,20)/t11-,12?,13?,14?,17?/m0/s1. The molecule has 0 heterocycles. The second-order valence-electron chi connectivity index (χ2n) is 7.91.